The quantitative estimate of drug-likeness (QED) is 0.338. The number of esters is 1. The van der Waals surface area contributed by atoms with Crippen molar-refractivity contribution in [2.45, 2.75) is 24.5 Å². The Hall–Kier alpha value is -2.96. The van der Waals surface area contributed by atoms with E-state index in [9.17, 15) is 13.2 Å². The van der Waals surface area contributed by atoms with Crippen molar-refractivity contribution in [2.24, 2.45) is 7.05 Å². The van der Waals surface area contributed by atoms with Crippen molar-refractivity contribution in [3.63, 3.8) is 0 Å². The van der Waals surface area contributed by atoms with Crippen LogP contribution in [0.2, 0.25) is 5.15 Å². The van der Waals surface area contributed by atoms with E-state index in [4.69, 9.17) is 25.8 Å². The maximum Gasteiger partial charge on any atom is 0.337 e. The van der Waals surface area contributed by atoms with Gasteiger partial charge in [0.2, 0.25) is 10.0 Å². The Morgan fingerprint density at radius 2 is 1.77 bits per heavy atom. The van der Waals surface area contributed by atoms with Gasteiger partial charge in [-0.25, -0.2) is 13.2 Å². The largest absolute Gasteiger partial charge is 0.497 e. The fraction of sp³-hybridized carbons (Fsp3) is 0.407. The third-order valence-electron chi connectivity index (χ3n) is 6.75. The van der Waals surface area contributed by atoms with Gasteiger partial charge in [0.1, 0.15) is 15.8 Å². The molecule has 1 aliphatic heterocycles. The molecule has 0 saturated carbocycles. The number of aryl methyl sites for hydroxylation is 2. The number of sulfonamides is 1. The van der Waals surface area contributed by atoms with Crippen LogP contribution in [0.3, 0.4) is 0 Å². The van der Waals surface area contributed by atoms with Crippen molar-refractivity contribution in [2.75, 3.05) is 46.9 Å². The van der Waals surface area contributed by atoms with Crippen molar-refractivity contribution in [1.82, 2.24) is 19.0 Å². The van der Waals surface area contributed by atoms with Crippen LogP contribution in [-0.4, -0.2) is 80.3 Å². The molecular weight excluding hydrogens is 544 g/mol. The van der Waals surface area contributed by atoms with Gasteiger partial charge in [0.25, 0.3) is 0 Å². The molecule has 0 aliphatic carbocycles. The maximum absolute atomic E-state index is 13.3. The van der Waals surface area contributed by atoms with Gasteiger partial charge in [-0.1, -0.05) is 35.9 Å². The fourth-order valence-electron chi connectivity index (χ4n) is 4.57. The lowest BCUT2D eigenvalue weighted by atomic mass is 10.1. The van der Waals surface area contributed by atoms with Crippen LogP contribution in [0.4, 0.5) is 0 Å². The second kappa shape index (κ2) is 12.5. The molecule has 1 aromatic heterocycles. The Kier molecular flexibility index (Phi) is 9.29. The highest BCUT2D eigenvalue weighted by atomic mass is 35.5. The molecule has 3 aromatic rings. The normalized spacial score (nSPS) is 15.7. The minimum Gasteiger partial charge on any atom is -0.497 e. The van der Waals surface area contributed by atoms with Gasteiger partial charge >= 0.3 is 5.97 Å². The van der Waals surface area contributed by atoms with Crippen LogP contribution >= 0.6 is 11.6 Å². The average molecular weight is 577 g/mol. The van der Waals surface area contributed by atoms with E-state index in [0.29, 0.717) is 50.6 Å². The molecule has 0 spiro atoms. The summed E-state index contributed by atoms with van der Waals surface area (Å²) in [4.78, 5) is 14.0. The molecule has 1 atom stereocenters. The van der Waals surface area contributed by atoms with E-state index in [2.05, 4.69) is 10.00 Å². The summed E-state index contributed by atoms with van der Waals surface area (Å²) in [7, 11) is 0.829. The van der Waals surface area contributed by atoms with E-state index < -0.39 is 10.0 Å². The zero-order valence-electron chi connectivity index (χ0n) is 22.5. The lowest BCUT2D eigenvalue weighted by Gasteiger charge is -2.35. The molecule has 2 aromatic carbocycles. The maximum atomic E-state index is 13.3. The van der Waals surface area contributed by atoms with Gasteiger partial charge in [-0.2, -0.15) is 9.40 Å². The Morgan fingerprint density at radius 3 is 2.36 bits per heavy atom. The van der Waals surface area contributed by atoms with E-state index in [0.717, 1.165) is 16.9 Å². The molecule has 1 aliphatic rings. The van der Waals surface area contributed by atoms with E-state index in [1.807, 2.05) is 36.4 Å². The first-order valence-corrected chi connectivity index (χ1v) is 14.3. The number of hydrogen-bond acceptors (Lipinski definition) is 8. The molecule has 0 bridgehead atoms. The van der Waals surface area contributed by atoms with Crippen LogP contribution in [0.15, 0.2) is 53.4 Å². The molecular formula is C27H33ClN4O6S. The molecule has 0 amide bonds. The standard InChI is InChI=1S/C27H33ClN4O6S/c1-19-25(26(28)30(2)29-19)39(34,35)32-14-12-31(13-15-32)17-24(22-6-5-7-23(16-22)36-3)38-18-20-8-10-21(11-9-20)27(33)37-4/h5-11,16,24H,12-15,17-18H2,1-4H3. The third kappa shape index (κ3) is 6.62. The molecule has 2 heterocycles. The number of rotatable bonds is 10. The Morgan fingerprint density at radius 1 is 1.08 bits per heavy atom. The summed E-state index contributed by atoms with van der Waals surface area (Å²) < 4.78 is 46.0. The number of benzene rings is 2. The van der Waals surface area contributed by atoms with E-state index >= 15 is 0 Å². The van der Waals surface area contributed by atoms with Crippen LogP contribution in [0.1, 0.15) is 33.3 Å². The van der Waals surface area contributed by atoms with Gasteiger partial charge in [0.15, 0.2) is 0 Å². The van der Waals surface area contributed by atoms with Gasteiger partial charge in [0, 0.05) is 39.8 Å². The van der Waals surface area contributed by atoms with Crippen molar-refractivity contribution < 1.29 is 27.4 Å². The summed E-state index contributed by atoms with van der Waals surface area (Å²) in [6, 6.07) is 14.8. The van der Waals surface area contributed by atoms with Crippen LogP contribution in [0.5, 0.6) is 5.75 Å². The van der Waals surface area contributed by atoms with Crippen LogP contribution < -0.4 is 4.74 Å². The number of halogens is 1. The first kappa shape index (κ1) is 29.0. The number of aromatic nitrogens is 2. The van der Waals surface area contributed by atoms with E-state index in [-0.39, 0.29) is 22.1 Å². The van der Waals surface area contributed by atoms with Crippen LogP contribution in [0.25, 0.3) is 0 Å². The first-order valence-electron chi connectivity index (χ1n) is 12.5. The minimum atomic E-state index is -3.76. The molecule has 10 nitrogen and oxygen atoms in total. The first-order chi connectivity index (χ1) is 18.6. The molecule has 39 heavy (non-hydrogen) atoms. The van der Waals surface area contributed by atoms with Gasteiger partial charge in [-0.15, -0.1) is 0 Å². The number of methoxy groups -OCH3 is 2. The lowest BCUT2D eigenvalue weighted by Crippen LogP contribution is -2.49. The molecule has 4 rings (SSSR count). The number of nitrogens with zero attached hydrogens (tertiary/aromatic N) is 4. The summed E-state index contributed by atoms with van der Waals surface area (Å²) in [5.74, 6) is 0.335. The van der Waals surface area contributed by atoms with Crippen LogP contribution in [0, 0.1) is 6.92 Å². The van der Waals surface area contributed by atoms with Gasteiger partial charge in [0.05, 0.1) is 38.2 Å². The third-order valence-corrected chi connectivity index (χ3v) is 9.34. The lowest BCUT2D eigenvalue weighted by molar-refractivity contribution is 0.00761. The number of carbonyl (C=O) groups is 1. The van der Waals surface area contributed by atoms with E-state index in [1.54, 1.807) is 33.2 Å². The zero-order chi connectivity index (χ0) is 28.2. The predicted octanol–water partition coefficient (Wildman–Crippen LogP) is 3.44. The minimum absolute atomic E-state index is 0.0657. The number of carbonyl (C=O) groups excluding carboxylic acids is 1. The van der Waals surface area contributed by atoms with Gasteiger partial charge in [-0.3, -0.25) is 9.58 Å². The highest BCUT2D eigenvalue weighted by Gasteiger charge is 2.34. The number of hydrogen-bond donors (Lipinski definition) is 0. The predicted molar refractivity (Wildman–Crippen MR) is 146 cm³/mol. The molecule has 12 heteroatoms. The Balaban J connectivity index is 1.45. The molecule has 1 saturated heterocycles. The summed E-state index contributed by atoms with van der Waals surface area (Å²) in [6.45, 7) is 4.26. The topological polar surface area (TPSA) is 103 Å². The Labute approximate surface area is 234 Å². The van der Waals surface area contributed by atoms with Crippen LogP contribution in [-0.2, 0) is 33.2 Å². The number of piperazine rings is 1. The second-order valence-electron chi connectivity index (χ2n) is 9.30. The summed E-state index contributed by atoms with van der Waals surface area (Å²) >= 11 is 6.26. The second-order valence-corrected chi connectivity index (χ2v) is 11.5. The summed E-state index contributed by atoms with van der Waals surface area (Å²) in [5.41, 5.74) is 2.72. The van der Waals surface area contributed by atoms with Crippen molar-refractivity contribution >= 4 is 27.6 Å². The van der Waals surface area contributed by atoms with Gasteiger partial charge in [-0.05, 0) is 42.3 Å². The fourth-order valence-corrected chi connectivity index (χ4v) is 6.70. The highest BCUT2D eigenvalue weighted by molar-refractivity contribution is 7.89. The molecule has 1 unspecified atom stereocenters. The summed E-state index contributed by atoms with van der Waals surface area (Å²) in [5, 5.41) is 4.27. The molecule has 1 fully saturated rings. The SMILES string of the molecule is COC(=O)c1ccc(COC(CN2CCN(S(=O)(=O)c3c(C)nn(C)c3Cl)CC2)c2cccc(OC)c2)cc1. The van der Waals surface area contributed by atoms with Crippen molar-refractivity contribution in [1.29, 1.82) is 0 Å². The smallest absolute Gasteiger partial charge is 0.337 e. The van der Waals surface area contributed by atoms with E-state index in [1.165, 1.54) is 16.1 Å². The molecule has 0 radical (unpaired) electrons. The molecule has 210 valence electrons. The summed E-state index contributed by atoms with van der Waals surface area (Å²) in [6.07, 6.45) is -0.293. The average Bonchev–Trinajstić information content (AvgIpc) is 3.22. The zero-order valence-corrected chi connectivity index (χ0v) is 24.0. The highest BCUT2D eigenvalue weighted by Crippen LogP contribution is 2.29. The van der Waals surface area contributed by atoms with Crippen molar-refractivity contribution in [3.8, 4) is 5.75 Å². The molecule has 0 N–H and O–H groups in total. The van der Waals surface area contributed by atoms with Crippen molar-refractivity contribution in [3.05, 3.63) is 76.1 Å². The van der Waals surface area contributed by atoms with Gasteiger partial charge < -0.3 is 14.2 Å². The Bertz CT molecular complexity index is 1400. The monoisotopic (exact) mass is 576 g/mol. The number of ether oxygens (including phenoxy) is 3.